The highest BCUT2D eigenvalue weighted by Crippen LogP contribution is 2.28. The largest absolute Gasteiger partial charge is 0.497 e. The van der Waals surface area contributed by atoms with Gasteiger partial charge >= 0.3 is 11.8 Å². The second-order valence-corrected chi connectivity index (χ2v) is 4.89. The topological polar surface area (TPSA) is 120 Å². The number of rotatable bonds is 4. The Labute approximate surface area is 143 Å². The van der Waals surface area contributed by atoms with Crippen LogP contribution in [0.5, 0.6) is 11.5 Å². The van der Waals surface area contributed by atoms with Crippen LogP contribution in [0, 0.1) is 0 Å². The van der Waals surface area contributed by atoms with E-state index in [4.69, 9.17) is 15.2 Å². The zero-order chi connectivity index (χ0) is 18.4. The average molecular weight is 343 g/mol. The summed E-state index contributed by atoms with van der Waals surface area (Å²) in [7, 11) is 2.88. The molecule has 0 fully saturated rings. The van der Waals surface area contributed by atoms with Gasteiger partial charge in [-0.3, -0.25) is 19.7 Å². The summed E-state index contributed by atoms with van der Waals surface area (Å²) in [6, 6.07) is 10.9. The second-order valence-electron chi connectivity index (χ2n) is 4.89. The third-order valence-electron chi connectivity index (χ3n) is 3.29. The second kappa shape index (κ2) is 7.82. The van der Waals surface area contributed by atoms with Crippen molar-refractivity contribution in [2.24, 2.45) is 0 Å². The molecule has 0 aliphatic carbocycles. The van der Waals surface area contributed by atoms with E-state index in [2.05, 4.69) is 5.32 Å². The van der Waals surface area contributed by atoms with Gasteiger partial charge in [-0.25, -0.2) is 0 Å². The molecule has 0 unspecified atom stereocenters. The van der Waals surface area contributed by atoms with Gasteiger partial charge in [0.05, 0.1) is 25.5 Å². The summed E-state index contributed by atoms with van der Waals surface area (Å²) in [4.78, 5) is 36.0. The first-order valence-corrected chi connectivity index (χ1v) is 7.19. The molecular formula is C17H17N3O5. The molecule has 0 aliphatic rings. The normalized spacial score (nSPS) is 9.84. The van der Waals surface area contributed by atoms with E-state index in [0.29, 0.717) is 11.5 Å². The van der Waals surface area contributed by atoms with Crippen molar-refractivity contribution >= 4 is 29.1 Å². The predicted octanol–water partition coefficient (Wildman–Crippen LogP) is 1.18. The molecular weight excluding hydrogens is 326 g/mol. The van der Waals surface area contributed by atoms with E-state index in [1.807, 2.05) is 5.32 Å². The first kappa shape index (κ1) is 17.8. The first-order chi connectivity index (χ1) is 12.0. The Morgan fingerprint density at radius 1 is 0.960 bits per heavy atom. The van der Waals surface area contributed by atoms with Crippen molar-refractivity contribution in [3.8, 4) is 11.5 Å². The van der Waals surface area contributed by atoms with E-state index in [-0.39, 0.29) is 16.9 Å². The molecule has 2 rings (SSSR count). The number of methoxy groups -OCH3 is 2. The first-order valence-electron chi connectivity index (χ1n) is 7.19. The highest BCUT2D eigenvalue weighted by Gasteiger charge is 2.20. The van der Waals surface area contributed by atoms with Crippen LogP contribution in [0.1, 0.15) is 10.4 Å². The predicted molar refractivity (Wildman–Crippen MR) is 91.5 cm³/mol. The molecule has 0 saturated carbocycles. The number of nitrogens with two attached hydrogens (primary N) is 1. The number of amides is 3. The summed E-state index contributed by atoms with van der Waals surface area (Å²) < 4.78 is 10.2. The van der Waals surface area contributed by atoms with Crippen LogP contribution in [-0.4, -0.2) is 31.9 Å². The van der Waals surface area contributed by atoms with Crippen LogP contribution in [0.4, 0.5) is 11.4 Å². The van der Waals surface area contributed by atoms with Crippen LogP contribution in [0.2, 0.25) is 0 Å². The van der Waals surface area contributed by atoms with Gasteiger partial charge in [0.25, 0.3) is 5.91 Å². The molecule has 3 amide bonds. The molecule has 8 nitrogen and oxygen atoms in total. The summed E-state index contributed by atoms with van der Waals surface area (Å²) in [5.74, 6) is -2.13. The Morgan fingerprint density at radius 3 is 2.32 bits per heavy atom. The summed E-state index contributed by atoms with van der Waals surface area (Å²) in [6.45, 7) is 0. The average Bonchev–Trinajstić information content (AvgIpc) is 2.61. The van der Waals surface area contributed by atoms with Gasteiger partial charge in [0.15, 0.2) is 0 Å². The molecule has 0 saturated heterocycles. The molecule has 2 aromatic carbocycles. The molecule has 0 bridgehead atoms. The number of nitrogen functional groups attached to an aromatic ring is 1. The minimum atomic E-state index is -1.13. The molecule has 0 radical (unpaired) electrons. The fraction of sp³-hybridized carbons (Fsp3) is 0.118. The third-order valence-corrected chi connectivity index (χ3v) is 3.29. The number of carbonyl (C=O) groups excluding carboxylic acids is 3. The highest BCUT2D eigenvalue weighted by atomic mass is 16.5. The Bertz CT molecular complexity index is 820. The summed E-state index contributed by atoms with van der Waals surface area (Å²) >= 11 is 0. The summed E-state index contributed by atoms with van der Waals surface area (Å²) in [5, 5.41) is 4.35. The molecule has 130 valence electrons. The number of hydrogen-bond acceptors (Lipinski definition) is 6. The van der Waals surface area contributed by atoms with Crippen molar-refractivity contribution in [3.63, 3.8) is 0 Å². The number of nitrogens with one attached hydrogen (secondary N) is 2. The van der Waals surface area contributed by atoms with Crippen molar-refractivity contribution in [2.45, 2.75) is 0 Å². The molecule has 0 aliphatic heterocycles. The van der Waals surface area contributed by atoms with Crippen LogP contribution < -0.4 is 25.8 Å². The van der Waals surface area contributed by atoms with Crippen LogP contribution in [0.25, 0.3) is 0 Å². The molecule has 0 atom stereocenters. The maximum atomic E-state index is 12.0. The van der Waals surface area contributed by atoms with Crippen molar-refractivity contribution in [3.05, 3.63) is 48.0 Å². The van der Waals surface area contributed by atoms with Crippen molar-refractivity contribution in [1.29, 1.82) is 0 Å². The quantitative estimate of drug-likeness (QED) is 0.566. The van der Waals surface area contributed by atoms with Gasteiger partial charge in [0.1, 0.15) is 11.5 Å². The number of para-hydroxylation sites is 1. The number of imide groups is 1. The van der Waals surface area contributed by atoms with E-state index in [9.17, 15) is 14.4 Å². The molecule has 2 aromatic rings. The monoisotopic (exact) mass is 343 g/mol. The van der Waals surface area contributed by atoms with E-state index < -0.39 is 17.7 Å². The molecule has 0 spiro atoms. The number of anilines is 2. The van der Waals surface area contributed by atoms with Gasteiger partial charge in [-0.1, -0.05) is 12.1 Å². The van der Waals surface area contributed by atoms with Crippen molar-refractivity contribution < 1.29 is 23.9 Å². The van der Waals surface area contributed by atoms with Crippen LogP contribution in [0.15, 0.2) is 42.5 Å². The van der Waals surface area contributed by atoms with E-state index in [1.165, 1.54) is 32.4 Å². The van der Waals surface area contributed by atoms with E-state index >= 15 is 0 Å². The van der Waals surface area contributed by atoms with Crippen molar-refractivity contribution in [1.82, 2.24) is 5.32 Å². The van der Waals surface area contributed by atoms with Crippen LogP contribution >= 0.6 is 0 Å². The minimum absolute atomic E-state index is 0.0996. The van der Waals surface area contributed by atoms with Crippen molar-refractivity contribution in [2.75, 3.05) is 25.3 Å². The van der Waals surface area contributed by atoms with E-state index in [1.54, 1.807) is 24.3 Å². The Balaban J connectivity index is 2.09. The fourth-order valence-electron chi connectivity index (χ4n) is 2.02. The lowest BCUT2D eigenvalue weighted by Gasteiger charge is -2.11. The lowest BCUT2D eigenvalue weighted by molar-refractivity contribution is -0.135. The molecule has 8 heteroatoms. The smallest absolute Gasteiger partial charge is 0.316 e. The Morgan fingerprint density at radius 2 is 1.68 bits per heavy atom. The van der Waals surface area contributed by atoms with Gasteiger partial charge in [-0.15, -0.1) is 0 Å². The third kappa shape index (κ3) is 4.25. The maximum absolute atomic E-state index is 12.0. The maximum Gasteiger partial charge on any atom is 0.316 e. The zero-order valence-electron chi connectivity index (χ0n) is 13.7. The number of carbonyl (C=O) groups is 3. The Kier molecular flexibility index (Phi) is 5.57. The van der Waals surface area contributed by atoms with Gasteiger partial charge in [0, 0.05) is 11.8 Å². The number of ether oxygens (including phenoxy) is 2. The standard InChI is InChI=1S/C17H17N3O5/c1-24-10-7-8-14(25-2)13(9-10)19-16(22)17(23)20-15(21)11-5-3-4-6-12(11)18/h3-9H,18H2,1-2H3,(H,19,22)(H,20,21,23). The van der Waals surface area contributed by atoms with Gasteiger partial charge in [-0.05, 0) is 24.3 Å². The zero-order valence-corrected chi connectivity index (χ0v) is 13.7. The minimum Gasteiger partial charge on any atom is -0.497 e. The lowest BCUT2D eigenvalue weighted by atomic mass is 10.1. The SMILES string of the molecule is COc1ccc(OC)c(NC(=O)C(=O)NC(=O)c2ccccc2N)c1. The number of benzene rings is 2. The van der Waals surface area contributed by atoms with E-state index in [0.717, 1.165) is 0 Å². The van der Waals surface area contributed by atoms with Gasteiger partial charge in [-0.2, -0.15) is 0 Å². The summed E-state index contributed by atoms with van der Waals surface area (Å²) in [5.41, 5.74) is 6.19. The Hall–Kier alpha value is -3.55. The highest BCUT2D eigenvalue weighted by molar-refractivity contribution is 6.42. The summed E-state index contributed by atoms with van der Waals surface area (Å²) in [6.07, 6.45) is 0. The van der Waals surface area contributed by atoms with Gasteiger partial charge in [0.2, 0.25) is 0 Å². The molecule has 4 N–H and O–H groups in total. The number of hydrogen-bond donors (Lipinski definition) is 3. The molecule has 0 aromatic heterocycles. The van der Waals surface area contributed by atoms with Crippen LogP contribution in [-0.2, 0) is 9.59 Å². The van der Waals surface area contributed by atoms with Gasteiger partial charge < -0.3 is 20.5 Å². The lowest BCUT2D eigenvalue weighted by Crippen LogP contribution is -2.39. The van der Waals surface area contributed by atoms with Crippen LogP contribution in [0.3, 0.4) is 0 Å². The molecule has 0 heterocycles. The fourth-order valence-corrected chi connectivity index (χ4v) is 2.02. The molecule has 25 heavy (non-hydrogen) atoms.